The van der Waals surface area contributed by atoms with Crippen molar-refractivity contribution in [2.75, 3.05) is 24.4 Å². The summed E-state index contributed by atoms with van der Waals surface area (Å²) in [5.41, 5.74) is -0.00698. The molecule has 2 heterocycles. The number of benzene rings is 2. The quantitative estimate of drug-likeness (QED) is 0.199. The molecule has 0 aliphatic rings. The van der Waals surface area contributed by atoms with E-state index in [1.807, 2.05) is 0 Å². The van der Waals surface area contributed by atoms with Crippen LogP contribution in [0.3, 0.4) is 0 Å². The van der Waals surface area contributed by atoms with Crippen LogP contribution >= 0.6 is 11.6 Å². The van der Waals surface area contributed by atoms with Crippen molar-refractivity contribution in [2.24, 2.45) is 0 Å². The highest BCUT2D eigenvalue weighted by Gasteiger charge is 2.26. The molecule has 4 aromatic rings. The number of nitrogens with one attached hydrogen (secondary N) is 2. The van der Waals surface area contributed by atoms with E-state index in [9.17, 15) is 17.6 Å². The number of methoxy groups -OCH3 is 1. The zero-order valence-electron chi connectivity index (χ0n) is 19.8. The van der Waals surface area contributed by atoms with Crippen molar-refractivity contribution in [2.45, 2.75) is 13.3 Å². The Kier molecular flexibility index (Phi) is 7.76. The fourth-order valence-corrected chi connectivity index (χ4v) is 5.16. The predicted molar refractivity (Wildman–Crippen MR) is 137 cm³/mol. The number of aromatic amines is 1. The molecule has 0 spiro atoms. The molecule has 0 aliphatic carbocycles. The van der Waals surface area contributed by atoms with Gasteiger partial charge in [-0.3, -0.25) is 9.52 Å². The Morgan fingerprint density at radius 3 is 2.68 bits per heavy atom. The molecule has 2 aromatic carbocycles. The first kappa shape index (κ1) is 26.5. The molecule has 0 unspecified atom stereocenters. The van der Waals surface area contributed by atoms with Gasteiger partial charge in [0.1, 0.15) is 17.2 Å². The van der Waals surface area contributed by atoms with E-state index < -0.39 is 38.7 Å². The monoisotopic (exact) mass is 549 g/mol. The van der Waals surface area contributed by atoms with Crippen LogP contribution < -0.4 is 9.46 Å². The molecule has 4 rings (SSSR count). The average Bonchev–Trinajstić information content (AvgIpc) is 3.28. The van der Waals surface area contributed by atoms with E-state index in [-0.39, 0.29) is 18.1 Å². The van der Waals surface area contributed by atoms with Crippen LogP contribution in [0.1, 0.15) is 29.3 Å². The number of H-pyrrole nitrogens is 1. The van der Waals surface area contributed by atoms with Crippen molar-refractivity contribution in [3.05, 3.63) is 76.6 Å². The molecular weight excluding hydrogens is 528 g/mol. The number of carbonyl (C=O) groups excluding carboxylic acids is 1. The summed E-state index contributed by atoms with van der Waals surface area (Å²) < 4.78 is 66.4. The second-order valence-corrected chi connectivity index (χ2v) is 10.3. The average molecular weight is 550 g/mol. The standard InChI is InChI=1S/C25H22ClF2N3O5S/c1-3-8-37(33,34)31-21-7-6-20(27)22(23(21)28)24(32)18-12-30-25-17(18)9-14(11-29-25)16-5-4-15(10-19(16)26)36-13-35-2/h4-7,9-12,31H,3,8,13H2,1-2H3,(H,29,30). The van der Waals surface area contributed by atoms with Crippen molar-refractivity contribution >= 4 is 44.1 Å². The minimum absolute atomic E-state index is 0.0480. The van der Waals surface area contributed by atoms with Gasteiger partial charge in [0.2, 0.25) is 15.8 Å². The van der Waals surface area contributed by atoms with Gasteiger partial charge >= 0.3 is 0 Å². The van der Waals surface area contributed by atoms with Crippen LogP contribution in [0.5, 0.6) is 5.75 Å². The molecule has 8 nitrogen and oxygen atoms in total. The SMILES string of the molecule is CCCS(=O)(=O)Nc1ccc(F)c(C(=O)c2c[nH]c3ncc(-c4ccc(OCOC)cc4Cl)cc23)c1F. The van der Waals surface area contributed by atoms with Crippen LogP contribution in [0, 0.1) is 11.6 Å². The lowest BCUT2D eigenvalue weighted by atomic mass is 9.99. The Morgan fingerprint density at radius 1 is 1.19 bits per heavy atom. The van der Waals surface area contributed by atoms with Crippen LogP contribution in [-0.2, 0) is 14.8 Å². The lowest BCUT2D eigenvalue weighted by Gasteiger charge is -2.11. The maximum absolute atomic E-state index is 15.2. The molecule has 0 bridgehead atoms. The van der Waals surface area contributed by atoms with Crippen molar-refractivity contribution in [1.29, 1.82) is 0 Å². The summed E-state index contributed by atoms with van der Waals surface area (Å²) in [5, 5.41) is 0.649. The highest BCUT2D eigenvalue weighted by molar-refractivity contribution is 7.92. The van der Waals surface area contributed by atoms with Gasteiger partial charge in [0, 0.05) is 41.6 Å². The predicted octanol–water partition coefficient (Wildman–Crippen LogP) is 5.53. The van der Waals surface area contributed by atoms with Crippen molar-refractivity contribution in [3.63, 3.8) is 0 Å². The minimum Gasteiger partial charge on any atom is -0.468 e. The van der Waals surface area contributed by atoms with Crippen molar-refractivity contribution in [1.82, 2.24) is 9.97 Å². The first-order chi connectivity index (χ1) is 17.6. The van der Waals surface area contributed by atoms with Crippen LogP contribution in [0.25, 0.3) is 22.2 Å². The Balaban J connectivity index is 1.74. The fraction of sp³-hybridized carbons (Fsp3) is 0.200. The molecule has 0 saturated carbocycles. The normalized spacial score (nSPS) is 11.6. The molecule has 194 valence electrons. The summed E-state index contributed by atoms with van der Waals surface area (Å²) in [4.78, 5) is 20.4. The first-order valence-corrected chi connectivity index (χ1v) is 13.1. The van der Waals surface area contributed by atoms with E-state index in [0.29, 0.717) is 39.4 Å². The van der Waals surface area contributed by atoms with E-state index in [1.54, 1.807) is 31.2 Å². The van der Waals surface area contributed by atoms with Gasteiger partial charge in [-0.2, -0.15) is 0 Å². The summed E-state index contributed by atoms with van der Waals surface area (Å²) in [6, 6.07) is 8.38. The second kappa shape index (κ2) is 10.8. The number of fused-ring (bicyclic) bond motifs is 1. The number of sulfonamides is 1. The number of nitrogens with zero attached hydrogens (tertiary/aromatic N) is 1. The maximum atomic E-state index is 15.2. The molecule has 12 heteroatoms. The molecule has 0 atom stereocenters. The van der Waals surface area contributed by atoms with Crippen LogP contribution in [0.15, 0.2) is 48.8 Å². The zero-order chi connectivity index (χ0) is 26.7. The highest BCUT2D eigenvalue weighted by atomic mass is 35.5. The summed E-state index contributed by atoms with van der Waals surface area (Å²) in [6.45, 7) is 1.69. The molecule has 2 aromatic heterocycles. The van der Waals surface area contributed by atoms with Crippen molar-refractivity contribution in [3.8, 4) is 16.9 Å². The van der Waals surface area contributed by atoms with Crippen LogP contribution in [0.2, 0.25) is 5.02 Å². The third kappa shape index (κ3) is 5.58. The number of ketones is 1. The second-order valence-electron chi connectivity index (χ2n) is 8.05. The lowest BCUT2D eigenvalue weighted by molar-refractivity contribution is 0.0511. The largest absolute Gasteiger partial charge is 0.468 e. The van der Waals surface area contributed by atoms with E-state index in [0.717, 1.165) is 12.1 Å². The fourth-order valence-electron chi connectivity index (χ4n) is 3.75. The minimum atomic E-state index is -3.87. The number of hydrogen-bond donors (Lipinski definition) is 2. The Bertz CT molecular complexity index is 1590. The third-order valence-corrected chi connectivity index (χ3v) is 7.22. The number of pyridine rings is 1. The number of halogens is 3. The summed E-state index contributed by atoms with van der Waals surface area (Å²) >= 11 is 6.42. The van der Waals surface area contributed by atoms with Gasteiger partial charge in [0.05, 0.1) is 22.0 Å². The number of rotatable bonds is 10. The van der Waals surface area contributed by atoms with Crippen LogP contribution in [0.4, 0.5) is 14.5 Å². The smallest absolute Gasteiger partial charge is 0.232 e. The third-order valence-electron chi connectivity index (χ3n) is 5.43. The van der Waals surface area contributed by atoms with Gasteiger partial charge in [0.25, 0.3) is 0 Å². The zero-order valence-corrected chi connectivity index (χ0v) is 21.3. The molecule has 0 radical (unpaired) electrons. The Morgan fingerprint density at radius 2 is 1.97 bits per heavy atom. The van der Waals surface area contributed by atoms with Gasteiger partial charge in [0.15, 0.2) is 12.6 Å². The van der Waals surface area contributed by atoms with Crippen LogP contribution in [-0.4, -0.2) is 43.8 Å². The molecule has 37 heavy (non-hydrogen) atoms. The number of ether oxygens (including phenoxy) is 2. The van der Waals surface area contributed by atoms with E-state index in [4.69, 9.17) is 21.1 Å². The number of hydrogen-bond acceptors (Lipinski definition) is 6. The highest BCUT2D eigenvalue weighted by Crippen LogP contribution is 2.34. The topological polar surface area (TPSA) is 110 Å². The van der Waals surface area contributed by atoms with Gasteiger partial charge in [-0.15, -0.1) is 0 Å². The molecular formula is C25H22ClF2N3O5S. The van der Waals surface area contributed by atoms with Crippen molar-refractivity contribution < 1.29 is 31.5 Å². The molecule has 2 N–H and O–H groups in total. The van der Waals surface area contributed by atoms with Gasteiger partial charge in [-0.1, -0.05) is 18.5 Å². The maximum Gasteiger partial charge on any atom is 0.232 e. The first-order valence-electron chi connectivity index (χ1n) is 11.1. The Hall–Kier alpha value is -3.54. The molecule has 0 fully saturated rings. The number of anilines is 1. The summed E-state index contributed by atoms with van der Waals surface area (Å²) in [5.74, 6) is -3.19. The molecule has 0 amide bonds. The molecule has 0 saturated heterocycles. The van der Waals surface area contributed by atoms with Gasteiger partial charge < -0.3 is 14.5 Å². The van der Waals surface area contributed by atoms with Gasteiger partial charge in [-0.25, -0.2) is 22.2 Å². The number of carbonyl (C=O) groups is 1. The molecule has 0 aliphatic heterocycles. The van der Waals surface area contributed by atoms with E-state index >= 15 is 4.39 Å². The Labute approximate surface area is 216 Å². The lowest BCUT2D eigenvalue weighted by Crippen LogP contribution is -2.18. The summed E-state index contributed by atoms with van der Waals surface area (Å²) in [7, 11) is -2.38. The number of aromatic nitrogens is 2. The summed E-state index contributed by atoms with van der Waals surface area (Å²) in [6.07, 6.45) is 3.12. The van der Waals surface area contributed by atoms with Gasteiger partial charge in [-0.05, 0) is 42.8 Å². The van der Waals surface area contributed by atoms with E-state index in [2.05, 4.69) is 14.7 Å². The van der Waals surface area contributed by atoms with E-state index in [1.165, 1.54) is 19.5 Å².